The molecule has 0 unspecified atom stereocenters. The van der Waals surface area contributed by atoms with E-state index >= 15 is 0 Å². The molecular formula is C10H11ClN2O3. The third-order valence-electron chi connectivity index (χ3n) is 1.83. The van der Waals surface area contributed by atoms with Crippen LogP contribution in [0.25, 0.3) is 0 Å². The summed E-state index contributed by atoms with van der Waals surface area (Å²) in [6.07, 6.45) is 1.51. The van der Waals surface area contributed by atoms with Gasteiger partial charge in [-0.05, 0) is 12.1 Å². The second kappa shape index (κ2) is 6.07. The molecule has 1 aromatic heterocycles. The molecule has 1 rings (SSSR count). The number of hydrogen-bond donors (Lipinski definition) is 1. The van der Waals surface area contributed by atoms with E-state index in [9.17, 15) is 9.59 Å². The Balaban J connectivity index is 2.41. The van der Waals surface area contributed by atoms with E-state index < -0.39 is 0 Å². The van der Waals surface area contributed by atoms with E-state index in [1.54, 1.807) is 6.07 Å². The number of nitrogens with zero attached hydrogens (tertiary/aromatic N) is 1. The van der Waals surface area contributed by atoms with Crippen LogP contribution in [0.2, 0.25) is 5.15 Å². The van der Waals surface area contributed by atoms with Crippen molar-refractivity contribution in [3.63, 3.8) is 0 Å². The summed E-state index contributed by atoms with van der Waals surface area (Å²) in [5, 5.41) is 2.89. The lowest BCUT2D eigenvalue weighted by atomic mass is 10.2. The van der Waals surface area contributed by atoms with Crippen LogP contribution < -0.4 is 5.32 Å². The molecule has 1 N–H and O–H groups in total. The quantitative estimate of drug-likeness (QED) is 0.633. The molecule has 0 saturated carbocycles. The normalized spacial score (nSPS) is 9.62. The Bertz CT molecular complexity index is 378. The number of esters is 1. The van der Waals surface area contributed by atoms with Crippen LogP contribution in [0, 0.1) is 0 Å². The number of nitrogens with one attached hydrogen (secondary N) is 1. The highest BCUT2D eigenvalue weighted by atomic mass is 35.5. The van der Waals surface area contributed by atoms with E-state index in [0.717, 1.165) is 0 Å². The summed E-state index contributed by atoms with van der Waals surface area (Å²) in [4.78, 5) is 26.0. The predicted octanol–water partition coefficient (Wildman–Crippen LogP) is 1.03. The molecular weight excluding hydrogens is 232 g/mol. The van der Waals surface area contributed by atoms with Gasteiger partial charge in [-0.25, -0.2) is 4.98 Å². The molecule has 6 heteroatoms. The van der Waals surface area contributed by atoms with Crippen LogP contribution in [0.3, 0.4) is 0 Å². The molecule has 86 valence electrons. The fourth-order valence-corrected chi connectivity index (χ4v) is 1.10. The van der Waals surface area contributed by atoms with Crippen LogP contribution in [0.15, 0.2) is 18.3 Å². The molecule has 0 aliphatic rings. The van der Waals surface area contributed by atoms with Gasteiger partial charge < -0.3 is 10.1 Å². The molecule has 0 saturated heterocycles. The van der Waals surface area contributed by atoms with Crippen LogP contribution in [-0.2, 0) is 9.53 Å². The zero-order valence-corrected chi connectivity index (χ0v) is 9.45. The predicted molar refractivity (Wildman–Crippen MR) is 58.2 cm³/mol. The summed E-state index contributed by atoms with van der Waals surface area (Å²) < 4.78 is 4.43. The van der Waals surface area contributed by atoms with Crippen molar-refractivity contribution in [3.8, 4) is 0 Å². The van der Waals surface area contributed by atoms with Crippen molar-refractivity contribution in [1.82, 2.24) is 10.3 Å². The number of halogens is 1. The van der Waals surface area contributed by atoms with Gasteiger partial charge in [0.05, 0.1) is 19.1 Å². The van der Waals surface area contributed by atoms with E-state index in [0.29, 0.717) is 10.7 Å². The number of carbonyl (C=O) groups is 2. The van der Waals surface area contributed by atoms with Crippen molar-refractivity contribution < 1.29 is 14.3 Å². The van der Waals surface area contributed by atoms with Gasteiger partial charge in [0.25, 0.3) is 5.91 Å². The van der Waals surface area contributed by atoms with E-state index in [4.69, 9.17) is 11.6 Å². The molecule has 0 spiro atoms. The number of ether oxygens (including phenoxy) is 1. The Morgan fingerprint density at radius 2 is 2.25 bits per heavy atom. The lowest BCUT2D eigenvalue weighted by Gasteiger charge is -2.03. The smallest absolute Gasteiger partial charge is 0.307 e. The van der Waals surface area contributed by atoms with Gasteiger partial charge in [-0.1, -0.05) is 11.6 Å². The SMILES string of the molecule is COC(=O)CCNC(=O)c1ccc(Cl)nc1. The number of rotatable bonds is 4. The lowest BCUT2D eigenvalue weighted by Crippen LogP contribution is -2.26. The zero-order chi connectivity index (χ0) is 12.0. The first-order chi connectivity index (χ1) is 7.63. The maximum Gasteiger partial charge on any atom is 0.307 e. The molecule has 0 aliphatic heterocycles. The Hall–Kier alpha value is -1.62. The van der Waals surface area contributed by atoms with Gasteiger partial charge in [0.2, 0.25) is 0 Å². The van der Waals surface area contributed by atoms with E-state index in [1.165, 1.54) is 19.4 Å². The summed E-state index contributed by atoms with van der Waals surface area (Å²) in [5.41, 5.74) is 0.397. The summed E-state index contributed by atoms with van der Waals surface area (Å²) >= 11 is 5.58. The van der Waals surface area contributed by atoms with Crippen LogP contribution in [-0.4, -0.2) is 30.5 Å². The molecule has 0 fully saturated rings. The van der Waals surface area contributed by atoms with Crippen LogP contribution in [0.1, 0.15) is 16.8 Å². The second-order valence-electron chi connectivity index (χ2n) is 2.95. The van der Waals surface area contributed by atoms with Crippen molar-refractivity contribution >= 4 is 23.5 Å². The molecule has 0 atom stereocenters. The number of carbonyl (C=O) groups excluding carboxylic acids is 2. The Morgan fingerprint density at radius 3 is 2.81 bits per heavy atom. The first-order valence-electron chi connectivity index (χ1n) is 4.60. The number of hydrogen-bond acceptors (Lipinski definition) is 4. The van der Waals surface area contributed by atoms with E-state index in [2.05, 4.69) is 15.0 Å². The fourth-order valence-electron chi connectivity index (χ4n) is 0.992. The average Bonchev–Trinajstić information content (AvgIpc) is 2.29. The van der Waals surface area contributed by atoms with Crippen molar-refractivity contribution in [2.24, 2.45) is 0 Å². The first-order valence-corrected chi connectivity index (χ1v) is 4.98. The van der Waals surface area contributed by atoms with Gasteiger partial charge in [-0.3, -0.25) is 9.59 Å². The minimum Gasteiger partial charge on any atom is -0.469 e. The van der Waals surface area contributed by atoms with E-state index in [-0.39, 0.29) is 24.8 Å². The highest BCUT2D eigenvalue weighted by Crippen LogP contribution is 2.04. The van der Waals surface area contributed by atoms with Crippen molar-refractivity contribution in [2.45, 2.75) is 6.42 Å². The zero-order valence-electron chi connectivity index (χ0n) is 8.70. The number of methoxy groups -OCH3 is 1. The second-order valence-corrected chi connectivity index (χ2v) is 3.34. The molecule has 1 aromatic rings. The van der Waals surface area contributed by atoms with Crippen LogP contribution in [0.5, 0.6) is 0 Å². The maximum absolute atomic E-state index is 11.5. The summed E-state index contributed by atoms with van der Waals surface area (Å²) in [7, 11) is 1.30. The molecule has 0 aliphatic carbocycles. The minimum absolute atomic E-state index is 0.142. The standard InChI is InChI=1S/C10H11ClN2O3/c1-16-9(14)4-5-12-10(15)7-2-3-8(11)13-6-7/h2-3,6H,4-5H2,1H3,(H,12,15). The van der Waals surface area contributed by atoms with E-state index in [1.807, 2.05) is 0 Å². The topological polar surface area (TPSA) is 68.3 Å². The highest BCUT2D eigenvalue weighted by Gasteiger charge is 2.06. The highest BCUT2D eigenvalue weighted by molar-refractivity contribution is 6.29. The number of amides is 1. The Labute approximate surface area is 97.8 Å². The lowest BCUT2D eigenvalue weighted by molar-refractivity contribution is -0.140. The van der Waals surface area contributed by atoms with Gasteiger partial charge in [-0.15, -0.1) is 0 Å². The molecule has 1 heterocycles. The molecule has 0 radical (unpaired) electrons. The minimum atomic E-state index is -0.366. The largest absolute Gasteiger partial charge is 0.469 e. The Kier molecular flexibility index (Phi) is 4.72. The van der Waals surface area contributed by atoms with Crippen molar-refractivity contribution in [2.75, 3.05) is 13.7 Å². The van der Waals surface area contributed by atoms with Gasteiger partial charge in [0.15, 0.2) is 0 Å². The van der Waals surface area contributed by atoms with Gasteiger partial charge in [0.1, 0.15) is 5.15 Å². The molecule has 0 aromatic carbocycles. The summed E-state index contributed by atoms with van der Waals surface area (Å²) in [6.45, 7) is 0.230. The summed E-state index contributed by atoms with van der Waals surface area (Å²) in [5.74, 6) is -0.664. The van der Waals surface area contributed by atoms with Crippen LogP contribution >= 0.6 is 11.6 Å². The fraction of sp³-hybridized carbons (Fsp3) is 0.300. The van der Waals surface area contributed by atoms with Crippen molar-refractivity contribution in [1.29, 1.82) is 0 Å². The summed E-state index contributed by atoms with van der Waals surface area (Å²) in [6, 6.07) is 3.08. The molecule has 1 amide bonds. The first kappa shape index (κ1) is 12.4. The van der Waals surface area contributed by atoms with Crippen LogP contribution in [0.4, 0.5) is 0 Å². The molecule has 5 nitrogen and oxygen atoms in total. The average molecular weight is 243 g/mol. The Morgan fingerprint density at radius 1 is 1.50 bits per heavy atom. The third-order valence-corrected chi connectivity index (χ3v) is 2.06. The monoisotopic (exact) mass is 242 g/mol. The maximum atomic E-state index is 11.5. The van der Waals surface area contributed by atoms with Gasteiger partial charge in [-0.2, -0.15) is 0 Å². The number of aromatic nitrogens is 1. The molecule has 16 heavy (non-hydrogen) atoms. The van der Waals surface area contributed by atoms with Crippen molar-refractivity contribution in [3.05, 3.63) is 29.0 Å². The third kappa shape index (κ3) is 3.86. The van der Waals surface area contributed by atoms with Gasteiger partial charge in [0, 0.05) is 12.7 Å². The van der Waals surface area contributed by atoms with Gasteiger partial charge >= 0.3 is 5.97 Å². The number of pyridine rings is 1. The molecule has 0 bridgehead atoms.